The molecule has 0 fully saturated rings. The van der Waals surface area contributed by atoms with Crippen LogP contribution in [0.25, 0.3) is 0 Å². The standard InChI is InChI=1S/C10H11BrF3N/c1-15-5-4-7-6-8(10(12,13)14)2-3-9(7)11/h2-3,6,15H,4-5H2,1H3. The molecule has 0 aliphatic carbocycles. The summed E-state index contributed by atoms with van der Waals surface area (Å²) in [6, 6.07) is 3.70. The minimum atomic E-state index is -4.27. The SMILES string of the molecule is CNCCc1cc(C(F)(F)F)ccc1Br. The highest BCUT2D eigenvalue weighted by molar-refractivity contribution is 9.10. The number of nitrogens with one attached hydrogen (secondary N) is 1. The van der Waals surface area contributed by atoms with E-state index in [1.54, 1.807) is 7.05 Å². The van der Waals surface area contributed by atoms with Gasteiger partial charge in [0.25, 0.3) is 0 Å². The van der Waals surface area contributed by atoms with E-state index in [0.717, 1.165) is 6.07 Å². The number of benzene rings is 1. The summed E-state index contributed by atoms with van der Waals surface area (Å²) in [5, 5.41) is 2.90. The fraction of sp³-hybridized carbons (Fsp3) is 0.400. The molecule has 0 radical (unpaired) electrons. The Hall–Kier alpha value is -0.550. The monoisotopic (exact) mass is 281 g/mol. The normalized spacial score (nSPS) is 11.8. The third-order valence-electron chi connectivity index (χ3n) is 2.02. The van der Waals surface area contributed by atoms with Crippen molar-refractivity contribution in [1.82, 2.24) is 5.32 Å². The van der Waals surface area contributed by atoms with Gasteiger partial charge in [0.05, 0.1) is 5.56 Å². The summed E-state index contributed by atoms with van der Waals surface area (Å²) >= 11 is 3.23. The second kappa shape index (κ2) is 4.99. The Balaban J connectivity index is 2.95. The predicted molar refractivity (Wildman–Crippen MR) is 56.8 cm³/mol. The van der Waals surface area contributed by atoms with Crippen LogP contribution < -0.4 is 5.32 Å². The Bertz CT molecular complexity index is 336. The zero-order valence-electron chi connectivity index (χ0n) is 8.16. The molecule has 0 bridgehead atoms. The summed E-state index contributed by atoms with van der Waals surface area (Å²) in [6.45, 7) is 0.653. The van der Waals surface area contributed by atoms with E-state index >= 15 is 0 Å². The molecule has 0 atom stereocenters. The van der Waals surface area contributed by atoms with Crippen LogP contribution in [-0.2, 0) is 12.6 Å². The topological polar surface area (TPSA) is 12.0 Å². The van der Waals surface area contributed by atoms with Gasteiger partial charge in [0.2, 0.25) is 0 Å². The quantitative estimate of drug-likeness (QED) is 0.897. The smallest absolute Gasteiger partial charge is 0.319 e. The first-order chi connectivity index (χ1) is 6.95. The highest BCUT2D eigenvalue weighted by Gasteiger charge is 2.30. The fourth-order valence-electron chi connectivity index (χ4n) is 1.20. The van der Waals surface area contributed by atoms with Crippen molar-refractivity contribution >= 4 is 15.9 Å². The first kappa shape index (κ1) is 12.5. The van der Waals surface area contributed by atoms with E-state index in [9.17, 15) is 13.2 Å². The van der Waals surface area contributed by atoms with Gasteiger partial charge in [-0.1, -0.05) is 15.9 Å². The molecular formula is C10H11BrF3N. The van der Waals surface area contributed by atoms with Crippen molar-refractivity contribution in [3.05, 3.63) is 33.8 Å². The van der Waals surface area contributed by atoms with Crippen molar-refractivity contribution in [1.29, 1.82) is 0 Å². The molecule has 0 saturated heterocycles. The molecular weight excluding hydrogens is 271 g/mol. The van der Waals surface area contributed by atoms with Gasteiger partial charge in [-0.25, -0.2) is 0 Å². The molecule has 1 aromatic rings. The molecule has 1 aromatic carbocycles. The van der Waals surface area contributed by atoms with Crippen LogP contribution in [0.4, 0.5) is 13.2 Å². The largest absolute Gasteiger partial charge is 0.416 e. The minimum absolute atomic E-state index is 0.570. The van der Waals surface area contributed by atoms with Gasteiger partial charge in [0, 0.05) is 4.47 Å². The number of halogens is 4. The van der Waals surface area contributed by atoms with Gasteiger partial charge in [0.1, 0.15) is 0 Å². The maximum absolute atomic E-state index is 12.4. The van der Waals surface area contributed by atoms with Gasteiger partial charge >= 0.3 is 6.18 Å². The molecule has 15 heavy (non-hydrogen) atoms. The maximum atomic E-state index is 12.4. The van der Waals surface area contributed by atoms with Gasteiger partial charge < -0.3 is 5.32 Å². The zero-order chi connectivity index (χ0) is 11.5. The summed E-state index contributed by atoms with van der Waals surface area (Å²) in [6.07, 6.45) is -3.70. The third-order valence-corrected chi connectivity index (χ3v) is 2.79. The minimum Gasteiger partial charge on any atom is -0.319 e. The molecule has 5 heteroatoms. The molecule has 84 valence electrons. The lowest BCUT2D eigenvalue weighted by Crippen LogP contribution is -2.12. The van der Waals surface area contributed by atoms with Crippen LogP contribution in [0.1, 0.15) is 11.1 Å². The highest BCUT2D eigenvalue weighted by atomic mass is 79.9. The number of likely N-dealkylation sites (N-methyl/N-ethyl adjacent to an activating group) is 1. The second-order valence-corrected chi connectivity index (χ2v) is 4.01. The first-order valence-electron chi connectivity index (χ1n) is 4.45. The molecule has 0 aliphatic heterocycles. The summed E-state index contributed by atoms with van der Waals surface area (Å²) in [5.41, 5.74) is 0.0657. The highest BCUT2D eigenvalue weighted by Crippen LogP contribution is 2.31. The van der Waals surface area contributed by atoms with Crippen LogP contribution in [0.2, 0.25) is 0 Å². The molecule has 1 nitrogen and oxygen atoms in total. The van der Waals surface area contributed by atoms with Crippen molar-refractivity contribution in [3.8, 4) is 0 Å². The van der Waals surface area contributed by atoms with Gasteiger partial charge in [0.15, 0.2) is 0 Å². The van der Waals surface area contributed by atoms with E-state index in [1.807, 2.05) is 0 Å². The molecule has 0 aromatic heterocycles. The van der Waals surface area contributed by atoms with Crippen LogP contribution in [0, 0.1) is 0 Å². The van der Waals surface area contributed by atoms with Crippen LogP contribution in [0.3, 0.4) is 0 Å². The first-order valence-corrected chi connectivity index (χ1v) is 5.24. The van der Waals surface area contributed by atoms with Crippen LogP contribution in [0.15, 0.2) is 22.7 Å². The lowest BCUT2D eigenvalue weighted by atomic mass is 10.1. The molecule has 0 spiro atoms. The molecule has 1 rings (SSSR count). The predicted octanol–water partition coefficient (Wildman–Crippen LogP) is 3.23. The number of hydrogen-bond acceptors (Lipinski definition) is 1. The Morgan fingerprint density at radius 3 is 2.53 bits per heavy atom. The van der Waals surface area contributed by atoms with E-state index in [1.165, 1.54) is 12.1 Å². The second-order valence-electron chi connectivity index (χ2n) is 3.16. The lowest BCUT2D eigenvalue weighted by molar-refractivity contribution is -0.137. The summed E-state index contributed by atoms with van der Waals surface area (Å²) in [4.78, 5) is 0. The van der Waals surface area contributed by atoms with Crippen molar-refractivity contribution in [2.24, 2.45) is 0 Å². The van der Waals surface area contributed by atoms with Crippen molar-refractivity contribution in [3.63, 3.8) is 0 Å². The van der Waals surface area contributed by atoms with Gasteiger partial charge in [-0.2, -0.15) is 13.2 Å². The van der Waals surface area contributed by atoms with Gasteiger partial charge in [-0.15, -0.1) is 0 Å². The van der Waals surface area contributed by atoms with Crippen molar-refractivity contribution in [2.45, 2.75) is 12.6 Å². The maximum Gasteiger partial charge on any atom is 0.416 e. The molecule has 0 unspecified atom stereocenters. The van der Waals surface area contributed by atoms with E-state index in [4.69, 9.17) is 0 Å². The van der Waals surface area contributed by atoms with E-state index in [-0.39, 0.29) is 0 Å². The number of hydrogen-bond donors (Lipinski definition) is 1. The third kappa shape index (κ3) is 3.50. The Morgan fingerprint density at radius 2 is 2.00 bits per heavy atom. The number of rotatable bonds is 3. The summed E-state index contributed by atoms with van der Waals surface area (Å²) in [7, 11) is 1.77. The average Bonchev–Trinajstić information content (AvgIpc) is 2.15. The lowest BCUT2D eigenvalue weighted by Gasteiger charge is -2.10. The molecule has 0 heterocycles. The molecule has 0 aliphatic rings. The van der Waals surface area contributed by atoms with Crippen LogP contribution >= 0.6 is 15.9 Å². The summed E-state index contributed by atoms with van der Waals surface area (Å²) in [5.74, 6) is 0. The zero-order valence-corrected chi connectivity index (χ0v) is 9.74. The molecule has 1 N–H and O–H groups in total. The Labute approximate surface area is 94.8 Å². The molecule has 0 saturated carbocycles. The van der Waals surface area contributed by atoms with Crippen LogP contribution in [-0.4, -0.2) is 13.6 Å². The van der Waals surface area contributed by atoms with Crippen molar-refractivity contribution < 1.29 is 13.2 Å². The average molecular weight is 282 g/mol. The number of alkyl halides is 3. The van der Waals surface area contributed by atoms with Gasteiger partial charge in [-0.05, 0) is 43.8 Å². The fourth-order valence-corrected chi connectivity index (χ4v) is 1.65. The van der Waals surface area contributed by atoms with E-state index in [2.05, 4.69) is 21.2 Å². The van der Waals surface area contributed by atoms with Gasteiger partial charge in [-0.3, -0.25) is 0 Å². The summed E-state index contributed by atoms with van der Waals surface area (Å²) < 4.78 is 37.9. The van der Waals surface area contributed by atoms with E-state index in [0.29, 0.717) is 23.0 Å². The van der Waals surface area contributed by atoms with Crippen molar-refractivity contribution in [2.75, 3.05) is 13.6 Å². The van der Waals surface area contributed by atoms with E-state index < -0.39 is 11.7 Å². The Kier molecular flexibility index (Phi) is 4.16. The molecule has 0 amide bonds. The Morgan fingerprint density at radius 1 is 1.33 bits per heavy atom. The van der Waals surface area contributed by atoms with Crippen LogP contribution in [0.5, 0.6) is 0 Å².